The zero-order valence-electron chi connectivity index (χ0n) is 23.0. The number of nitrogens with one attached hydrogen (secondary N) is 2. The van der Waals surface area contributed by atoms with Crippen LogP contribution in [-0.4, -0.2) is 66.8 Å². The summed E-state index contributed by atoms with van der Waals surface area (Å²) in [5.41, 5.74) is 4.50. The highest BCUT2D eigenvalue weighted by atomic mass is 32.2. The van der Waals surface area contributed by atoms with Gasteiger partial charge in [-0.25, -0.2) is 13.1 Å². The van der Waals surface area contributed by atoms with Gasteiger partial charge in [-0.15, -0.1) is 0 Å². The summed E-state index contributed by atoms with van der Waals surface area (Å²) in [6.07, 6.45) is -2.71. The van der Waals surface area contributed by atoms with Crippen molar-refractivity contribution < 1.29 is 31.5 Å². The van der Waals surface area contributed by atoms with Crippen molar-refractivity contribution in [3.05, 3.63) is 53.6 Å². The quantitative estimate of drug-likeness (QED) is 0.404. The first-order chi connectivity index (χ1) is 19.4. The van der Waals surface area contributed by atoms with Crippen LogP contribution in [0, 0.1) is 12.8 Å². The van der Waals surface area contributed by atoms with Gasteiger partial charge < -0.3 is 19.9 Å². The van der Waals surface area contributed by atoms with Crippen molar-refractivity contribution in [2.24, 2.45) is 13.0 Å². The summed E-state index contributed by atoms with van der Waals surface area (Å²) in [7, 11) is -1.96. The number of fused-ring (bicyclic) bond motifs is 1. The molecule has 1 saturated carbocycles. The molecule has 8 nitrogen and oxygen atoms in total. The zero-order valence-corrected chi connectivity index (χ0v) is 23.9. The first kappa shape index (κ1) is 29.6. The molecule has 1 aromatic heterocycles. The Morgan fingerprint density at radius 1 is 1.10 bits per heavy atom. The molecule has 2 aromatic carbocycles. The summed E-state index contributed by atoms with van der Waals surface area (Å²) in [5.74, 6) is -0.691. The Bertz CT molecular complexity index is 1550. The number of alkyl halides is 3. The van der Waals surface area contributed by atoms with Crippen LogP contribution in [0.3, 0.4) is 0 Å². The van der Waals surface area contributed by atoms with E-state index in [9.17, 15) is 31.5 Å². The van der Waals surface area contributed by atoms with Gasteiger partial charge in [0.1, 0.15) is 6.04 Å². The van der Waals surface area contributed by atoms with Crippen LogP contribution in [0.4, 0.5) is 13.2 Å². The molecule has 0 spiro atoms. The van der Waals surface area contributed by atoms with Gasteiger partial charge >= 0.3 is 6.18 Å². The van der Waals surface area contributed by atoms with Crippen LogP contribution >= 0.6 is 0 Å². The molecule has 5 rings (SSSR count). The van der Waals surface area contributed by atoms with Gasteiger partial charge in [0, 0.05) is 60.8 Å². The third kappa shape index (κ3) is 6.15. The number of carbonyl (C=O) groups excluding carboxylic acids is 1. The van der Waals surface area contributed by atoms with Crippen LogP contribution < -0.4 is 10.0 Å². The maximum atomic E-state index is 13.3. The number of hydrogen-bond donors (Lipinski definition) is 3. The summed E-state index contributed by atoms with van der Waals surface area (Å²) >= 11 is 0. The summed E-state index contributed by atoms with van der Waals surface area (Å²) in [4.78, 5) is 14.4. The minimum absolute atomic E-state index is 0.0407. The summed E-state index contributed by atoms with van der Waals surface area (Å²) in [6.45, 7) is 1.85. The molecule has 2 heterocycles. The molecule has 1 amide bonds. The molecule has 12 heteroatoms. The maximum Gasteiger partial charge on any atom is 0.405 e. The van der Waals surface area contributed by atoms with Crippen molar-refractivity contribution in [2.75, 3.05) is 19.6 Å². The molecule has 2 fully saturated rings. The predicted octanol–water partition coefficient (Wildman–Crippen LogP) is 3.85. The fourth-order valence-electron chi connectivity index (χ4n) is 6.02. The number of rotatable bonds is 6. The van der Waals surface area contributed by atoms with Crippen molar-refractivity contribution in [1.82, 2.24) is 19.5 Å². The lowest BCUT2D eigenvalue weighted by Crippen LogP contribution is -2.59. The third-order valence-electron chi connectivity index (χ3n) is 8.36. The molecule has 1 aliphatic carbocycles. The number of aryl methyl sites for hydroxylation is 2. The van der Waals surface area contributed by atoms with Crippen LogP contribution in [0.15, 0.2) is 47.4 Å². The van der Waals surface area contributed by atoms with E-state index in [-0.39, 0.29) is 36.5 Å². The van der Waals surface area contributed by atoms with Gasteiger partial charge in [-0.05, 0) is 61.9 Å². The monoisotopic (exact) mass is 592 g/mol. The summed E-state index contributed by atoms with van der Waals surface area (Å²) < 4.78 is 70.7. The van der Waals surface area contributed by atoms with Gasteiger partial charge in [0.2, 0.25) is 15.9 Å². The van der Waals surface area contributed by atoms with E-state index in [1.807, 2.05) is 42.8 Å². The molecule has 3 aromatic rings. The van der Waals surface area contributed by atoms with Crippen LogP contribution in [0.25, 0.3) is 22.2 Å². The highest BCUT2D eigenvalue weighted by Crippen LogP contribution is 2.33. The van der Waals surface area contributed by atoms with Crippen molar-refractivity contribution >= 4 is 26.8 Å². The van der Waals surface area contributed by atoms with Gasteiger partial charge in [-0.3, -0.25) is 4.79 Å². The fourth-order valence-corrected chi connectivity index (χ4v) is 7.34. The zero-order chi connectivity index (χ0) is 29.5. The Morgan fingerprint density at radius 3 is 2.49 bits per heavy atom. The van der Waals surface area contributed by atoms with Crippen molar-refractivity contribution in [2.45, 2.75) is 62.4 Å². The van der Waals surface area contributed by atoms with Crippen molar-refractivity contribution in [3.63, 3.8) is 0 Å². The SMILES string of the molecule is Cc1cc(CO)ccc1-c1cc2ccc(S(=O)(=O)N[C@H]3CC[C@H](C(=O)N4CCNC(C(F)(F)F)C4)CC3)cc2n1C. The highest BCUT2D eigenvalue weighted by molar-refractivity contribution is 7.89. The molecule has 222 valence electrons. The van der Waals surface area contributed by atoms with E-state index >= 15 is 0 Å². The molecule has 1 atom stereocenters. The number of aliphatic hydroxyl groups excluding tert-OH is 1. The average molecular weight is 593 g/mol. The number of carbonyl (C=O) groups is 1. The van der Waals surface area contributed by atoms with Crippen LogP contribution in [0.2, 0.25) is 0 Å². The molecular weight excluding hydrogens is 557 g/mol. The van der Waals surface area contributed by atoms with Gasteiger partial charge in [0.15, 0.2) is 0 Å². The van der Waals surface area contributed by atoms with Crippen molar-refractivity contribution in [3.8, 4) is 11.3 Å². The minimum atomic E-state index is -4.41. The highest BCUT2D eigenvalue weighted by Gasteiger charge is 2.43. The van der Waals surface area contributed by atoms with Crippen LogP contribution in [0.1, 0.15) is 36.8 Å². The molecule has 2 aliphatic rings. The summed E-state index contributed by atoms with van der Waals surface area (Å²) in [5, 5.41) is 12.7. The molecule has 1 saturated heterocycles. The lowest BCUT2D eigenvalue weighted by atomic mass is 9.85. The average Bonchev–Trinajstić information content (AvgIpc) is 3.27. The Labute approximate surface area is 237 Å². The number of benzene rings is 2. The number of aromatic nitrogens is 1. The van der Waals surface area contributed by atoms with E-state index in [2.05, 4.69) is 10.0 Å². The van der Waals surface area contributed by atoms with E-state index in [0.29, 0.717) is 25.7 Å². The fraction of sp³-hybridized carbons (Fsp3) is 0.483. The standard InChI is InChI=1S/C29H35F3N4O4S/c1-18-13-19(17-37)3-10-24(18)26-14-21-6-9-23(15-25(21)35(26)2)41(39,40)34-22-7-4-20(5-8-22)28(38)36-12-11-33-27(16-36)29(30,31)32/h3,6,9-10,13-15,20,22,27,33-34,37H,4-5,7-8,11-12,16-17H2,1-2H3/t20-,22-,27?. The Balaban J connectivity index is 1.25. The first-order valence-corrected chi connectivity index (χ1v) is 15.3. The molecule has 41 heavy (non-hydrogen) atoms. The molecule has 0 radical (unpaired) electrons. The van der Waals surface area contributed by atoms with E-state index in [1.165, 1.54) is 4.90 Å². The topological polar surface area (TPSA) is 104 Å². The van der Waals surface area contributed by atoms with E-state index in [0.717, 1.165) is 33.3 Å². The molecule has 3 N–H and O–H groups in total. The predicted molar refractivity (Wildman–Crippen MR) is 150 cm³/mol. The number of amides is 1. The lowest BCUT2D eigenvalue weighted by Gasteiger charge is -2.38. The number of nitrogens with zero attached hydrogens (tertiary/aromatic N) is 2. The minimum Gasteiger partial charge on any atom is -0.392 e. The molecular formula is C29H35F3N4O4S. The second-order valence-electron chi connectivity index (χ2n) is 11.1. The van der Waals surface area contributed by atoms with Crippen molar-refractivity contribution in [1.29, 1.82) is 0 Å². The molecule has 0 bridgehead atoms. The first-order valence-electron chi connectivity index (χ1n) is 13.8. The summed E-state index contributed by atoms with van der Waals surface area (Å²) in [6, 6.07) is 10.7. The number of hydrogen-bond acceptors (Lipinski definition) is 5. The van der Waals surface area contributed by atoms with E-state index < -0.39 is 34.7 Å². The Hall–Kier alpha value is -2.93. The lowest BCUT2D eigenvalue weighted by molar-refractivity contribution is -0.169. The Kier molecular flexibility index (Phi) is 8.21. The van der Waals surface area contributed by atoms with E-state index in [1.54, 1.807) is 18.2 Å². The maximum absolute atomic E-state index is 13.3. The second-order valence-corrected chi connectivity index (χ2v) is 12.8. The smallest absolute Gasteiger partial charge is 0.392 e. The van der Waals surface area contributed by atoms with Gasteiger partial charge in [-0.2, -0.15) is 13.2 Å². The van der Waals surface area contributed by atoms with Gasteiger partial charge in [-0.1, -0.05) is 24.3 Å². The molecule has 1 unspecified atom stereocenters. The van der Waals surface area contributed by atoms with Crippen LogP contribution in [-0.2, 0) is 28.5 Å². The number of aliphatic hydroxyl groups is 1. The number of piperazine rings is 1. The molecule has 1 aliphatic heterocycles. The number of halogens is 3. The van der Waals surface area contributed by atoms with Crippen LogP contribution in [0.5, 0.6) is 0 Å². The largest absolute Gasteiger partial charge is 0.405 e. The Morgan fingerprint density at radius 2 is 1.83 bits per heavy atom. The second kappa shape index (κ2) is 11.4. The third-order valence-corrected chi connectivity index (χ3v) is 9.88. The van der Waals surface area contributed by atoms with Gasteiger partial charge in [0.05, 0.1) is 11.5 Å². The van der Waals surface area contributed by atoms with E-state index in [4.69, 9.17) is 0 Å². The number of sulfonamides is 1. The normalized spacial score (nSPS) is 22.3. The van der Waals surface area contributed by atoms with Gasteiger partial charge in [0.25, 0.3) is 0 Å².